The lowest BCUT2D eigenvalue weighted by atomic mass is 10.2. The average molecular weight is 292 g/mol. The van der Waals surface area contributed by atoms with E-state index in [9.17, 15) is 9.59 Å². The Hall–Kier alpha value is -2.47. The Balaban J connectivity index is 2.13. The molecule has 0 atom stereocenters. The molecule has 7 heteroatoms. The van der Waals surface area contributed by atoms with Crippen LogP contribution in [0.3, 0.4) is 0 Å². The van der Waals surface area contributed by atoms with E-state index in [1.165, 1.54) is 19.5 Å². The molecule has 0 aliphatic rings. The second-order valence-electron chi connectivity index (χ2n) is 3.71. The summed E-state index contributed by atoms with van der Waals surface area (Å²) in [7, 11) is 1.25. The minimum atomic E-state index is -0.596. The summed E-state index contributed by atoms with van der Waals surface area (Å²) in [5, 5.41) is 2.87. The zero-order chi connectivity index (χ0) is 14.5. The lowest BCUT2D eigenvalue weighted by Gasteiger charge is -2.05. The first kappa shape index (κ1) is 14.0. The SMILES string of the molecule is COC(=O)c1cnc(NC(=O)c2ccccc2Cl)cn1. The van der Waals surface area contributed by atoms with Crippen molar-refractivity contribution in [2.24, 2.45) is 0 Å². The second kappa shape index (κ2) is 6.12. The van der Waals surface area contributed by atoms with Crippen LogP contribution in [0.5, 0.6) is 0 Å². The molecule has 2 aromatic rings. The molecule has 1 amide bonds. The maximum Gasteiger partial charge on any atom is 0.358 e. The number of carbonyl (C=O) groups is 2. The number of methoxy groups -OCH3 is 1. The number of nitrogens with zero attached hydrogens (tertiary/aromatic N) is 2. The predicted molar refractivity (Wildman–Crippen MR) is 72.8 cm³/mol. The molecule has 20 heavy (non-hydrogen) atoms. The van der Waals surface area contributed by atoms with Crippen molar-refractivity contribution in [1.29, 1.82) is 0 Å². The van der Waals surface area contributed by atoms with Crippen molar-refractivity contribution in [2.75, 3.05) is 12.4 Å². The van der Waals surface area contributed by atoms with Crippen LogP contribution in [0.4, 0.5) is 5.82 Å². The van der Waals surface area contributed by atoms with Crippen molar-refractivity contribution in [3.8, 4) is 0 Å². The van der Waals surface area contributed by atoms with Gasteiger partial charge in [0.2, 0.25) is 0 Å². The number of nitrogens with one attached hydrogen (secondary N) is 1. The molecule has 0 unspecified atom stereocenters. The molecule has 0 fully saturated rings. The van der Waals surface area contributed by atoms with Crippen LogP contribution in [-0.2, 0) is 4.74 Å². The number of hydrogen-bond donors (Lipinski definition) is 1. The van der Waals surface area contributed by atoms with Gasteiger partial charge < -0.3 is 10.1 Å². The van der Waals surface area contributed by atoms with E-state index in [4.69, 9.17) is 11.6 Å². The first-order valence-corrected chi connectivity index (χ1v) is 5.96. The lowest BCUT2D eigenvalue weighted by molar-refractivity contribution is 0.0593. The first-order valence-electron chi connectivity index (χ1n) is 5.58. The molecule has 0 aliphatic carbocycles. The Labute approximate surface area is 119 Å². The Morgan fingerprint density at radius 3 is 2.55 bits per heavy atom. The maximum absolute atomic E-state index is 12.0. The highest BCUT2D eigenvalue weighted by atomic mass is 35.5. The van der Waals surface area contributed by atoms with Gasteiger partial charge in [-0.1, -0.05) is 23.7 Å². The summed E-state index contributed by atoms with van der Waals surface area (Å²) in [5.74, 6) is -0.792. The van der Waals surface area contributed by atoms with Crippen LogP contribution in [0.2, 0.25) is 5.02 Å². The molecule has 1 aromatic heterocycles. The summed E-state index contributed by atoms with van der Waals surface area (Å²) >= 11 is 5.91. The summed E-state index contributed by atoms with van der Waals surface area (Å²) in [6, 6.07) is 6.63. The lowest BCUT2D eigenvalue weighted by Crippen LogP contribution is -2.14. The van der Waals surface area contributed by atoms with Crippen molar-refractivity contribution in [1.82, 2.24) is 9.97 Å². The number of esters is 1. The largest absolute Gasteiger partial charge is 0.464 e. The van der Waals surface area contributed by atoms with E-state index in [0.717, 1.165) is 0 Å². The summed E-state index contributed by atoms with van der Waals surface area (Å²) in [6.45, 7) is 0. The van der Waals surface area contributed by atoms with Crippen LogP contribution in [0.25, 0.3) is 0 Å². The van der Waals surface area contributed by atoms with E-state index in [1.807, 2.05) is 0 Å². The van der Waals surface area contributed by atoms with Gasteiger partial charge in [-0.05, 0) is 12.1 Å². The van der Waals surface area contributed by atoms with Crippen LogP contribution in [0.15, 0.2) is 36.7 Å². The van der Waals surface area contributed by atoms with Crippen LogP contribution in [0, 0.1) is 0 Å². The highest BCUT2D eigenvalue weighted by Gasteiger charge is 2.12. The minimum absolute atomic E-state index is 0.0586. The molecule has 1 heterocycles. The molecular formula is C13H10ClN3O3. The number of amides is 1. The van der Waals surface area contributed by atoms with Crippen molar-refractivity contribution in [3.63, 3.8) is 0 Å². The minimum Gasteiger partial charge on any atom is -0.464 e. The van der Waals surface area contributed by atoms with Gasteiger partial charge in [-0.2, -0.15) is 0 Å². The third-order valence-corrected chi connectivity index (χ3v) is 2.74. The molecule has 0 radical (unpaired) electrons. The molecule has 0 aliphatic heterocycles. The summed E-state index contributed by atoms with van der Waals surface area (Å²) < 4.78 is 4.50. The highest BCUT2D eigenvalue weighted by molar-refractivity contribution is 6.34. The summed E-state index contributed by atoms with van der Waals surface area (Å²) in [6.07, 6.45) is 2.48. The molecule has 2 rings (SSSR count). The fraction of sp³-hybridized carbons (Fsp3) is 0.0769. The highest BCUT2D eigenvalue weighted by Crippen LogP contribution is 2.16. The van der Waals surface area contributed by atoms with Crippen molar-refractivity contribution in [3.05, 3.63) is 52.9 Å². The van der Waals surface area contributed by atoms with Gasteiger partial charge in [0.15, 0.2) is 11.5 Å². The van der Waals surface area contributed by atoms with Crippen LogP contribution in [-0.4, -0.2) is 29.0 Å². The molecule has 1 N–H and O–H groups in total. The Morgan fingerprint density at radius 2 is 1.95 bits per heavy atom. The molecule has 6 nitrogen and oxygen atoms in total. The zero-order valence-electron chi connectivity index (χ0n) is 10.5. The van der Waals surface area contributed by atoms with E-state index in [-0.39, 0.29) is 11.5 Å². The Bertz CT molecular complexity index is 644. The van der Waals surface area contributed by atoms with Gasteiger partial charge in [-0.3, -0.25) is 4.79 Å². The topological polar surface area (TPSA) is 81.2 Å². The van der Waals surface area contributed by atoms with Crippen LogP contribution >= 0.6 is 11.6 Å². The van der Waals surface area contributed by atoms with Gasteiger partial charge in [0.1, 0.15) is 0 Å². The molecule has 0 saturated heterocycles. The van der Waals surface area contributed by atoms with E-state index in [2.05, 4.69) is 20.0 Å². The molecule has 0 saturated carbocycles. The summed E-state index contributed by atoms with van der Waals surface area (Å²) in [4.78, 5) is 30.9. The Kier molecular flexibility index (Phi) is 4.27. The normalized spacial score (nSPS) is 9.90. The zero-order valence-corrected chi connectivity index (χ0v) is 11.2. The van der Waals surface area contributed by atoms with Gasteiger partial charge in [0.25, 0.3) is 5.91 Å². The second-order valence-corrected chi connectivity index (χ2v) is 4.12. The number of hydrogen-bond acceptors (Lipinski definition) is 5. The average Bonchev–Trinajstić information content (AvgIpc) is 2.47. The van der Waals surface area contributed by atoms with Gasteiger partial charge >= 0.3 is 5.97 Å². The number of halogens is 1. The first-order chi connectivity index (χ1) is 9.61. The van der Waals surface area contributed by atoms with Crippen molar-refractivity contribution in [2.45, 2.75) is 0 Å². The van der Waals surface area contributed by atoms with E-state index in [1.54, 1.807) is 24.3 Å². The molecular weight excluding hydrogens is 282 g/mol. The Morgan fingerprint density at radius 1 is 1.20 bits per heavy atom. The monoisotopic (exact) mass is 291 g/mol. The molecule has 0 bridgehead atoms. The predicted octanol–water partition coefficient (Wildman–Crippen LogP) is 2.17. The number of carbonyl (C=O) groups excluding carboxylic acids is 2. The van der Waals surface area contributed by atoms with Crippen molar-refractivity contribution >= 4 is 29.3 Å². The van der Waals surface area contributed by atoms with Crippen molar-refractivity contribution < 1.29 is 14.3 Å². The van der Waals surface area contributed by atoms with E-state index in [0.29, 0.717) is 10.6 Å². The van der Waals surface area contributed by atoms with Crippen LogP contribution in [0.1, 0.15) is 20.8 Å². The molecule has 0 spiro atoms. The smallest absolute Gasteiger partial charge is 0.358 e. The maximum atomic E-state index is 12.0. The van der Waals surface area contributed by atoms with Crippen LogP contribution < -0.4 is 5.32 Å². The fourth-order valence-electron chi connectivity index (χ4n) is 1.43. The number of aromatic nitrogens is 2. The van der Waals surface area contributed by atoms with Gasteiger partial charge in [-0.25, -0.2) is 14.8 Å². The summed E-state index contributed by atoms with van der Waals surface area (Å²) in [5.41, 5.74) is 0.385. The third-order valence-electron chi connectivity index (χ3n) is 2.41. The number of rotatable bonds is 3. The number of anilines is 1. The van der Waals surface area contributed by atoms with E-state index < -0.39 is 11.9 Å². The number of ether oxygens (including phenoxy) is 1. The van der Waals surface area contributed by atoms with E-state index >= 15 is 0 Å². The van der Waals surface area contributed by atoms with Gasteiger partial charge in [0.05, 0.1) is 30.1 Å². The molecule has 1 aromatic carbocycles. The fourth-order valence-corrected chi connectivity index (χ4v) is 1.65. The third kappa shape index (κ3) is 3.10. The quantitative estimate of drug-likeness (QED) is 0.877. The molecule has 102 valence electrons. The van der Waals surface area contributed by atoms with Gasteiger partial charge in [0, 0.05) is 0 Å². The van der Waals surface area contributed by atoms with Gasteiger partial charge in [-0.15, -0.1) is 0 Å². The standard InChI is InChI=1S/C13H10ClN3O3/c1-20-13(19)10-6-16-11(7-15-10)17-12(18)8-4-2-3-5-9(8)14/h2-7H,1H3,(H,16,17,18). The number of benzene rings is 1.